The van der Waals surface area contributed by atoms with Crippen molar-refractivity contribution in [1.29, 1.82) is 0 Å². The summed E-state index contributed by atoms with van der Waals surface area (Å²) in [6, 6.07) is 10.8. The van der Waals surface area contributed by atoms with Crippen molar-refractivity contribution in [2.45, 2.75) is 19.4 Å². The fraction of sp³-hybridized carbons (Fsp3) is 0.278. The second-order valence-corrected chi connectivity index (χ2v) is 6.76. The zero-order valence-electron chi connectivity index (χ0n) is 14.2. The Hall–Kier alpha value is -2.67. The topological polar surface area (TPSA) is 58.9 Å². The van der Waals surface area contributed by atoms with E-state index in [1.165, 1.54) is 6.07 Å². The minimum atomic E-state index is -0.396. The first kappa shape index (κ1) is 16.8. The van der Waals surface area contributed by atoms with Gasteiger partial charge in [-0.05, 0) is 49.7 Å². The zero-order chi connectivity index (χ0) is 18.1. The highest BCUT2D eigenvalue weighted by Crippen LogP contribution is 2.26. The van der Waals surface area contributed by atoms with Gasteiger partial charge in [0.25, 0.3) is 0 Å². The van der Waals surface area contributed by atoms with Gasteiger partial charge in [0, 0.05) is 31.0 Å². The Kier molecular flexibility index (Phi) is 4.46. The van der Waals surface area contributed by atoms with Crippen molar-refractivity contribution in [3.63, 3.8) is 0 Å². The lowest BCUT2D eigenvalue weighted by Gasteiger charge is -2.19. The maximum atomic E-state index is 13.3. The third-order valence-corrected chi connectivity index (χ3v) is 4.71. The van der Waals surface area contributed by atoms with E-state index < -0.39 is 5.82 Å². The molecule has 1 aliphatic rings. The lowest BCUT2D eigenvalue weighted by molar-refractivity contribution is 0.628. The van der Waals surface area contributed by atoms with Gasteiger partial charge in [-0.15, -0.1) is 10.2 Å². The fourth-order valence-electron chi connectivity index (χ4n) is 3.07. The quantitative estimate of drug-likeness (QED) is 0.760. The Bertz CT molecular complexity index is 910. The number of hydrogen-bond acceptors (Lipinski definition) is 5. The Morgan fingerprint density at radius 3 is 2.77 bits per heavy atom. The molecule has 26 heavy (non-hydrogen) atoms. The van der Waals surface area contributed by atoms with Gasteiger partial charge < -0.3 is 10.2 Å². The summed E-state index contributed by atoms with van der Waals surface area (Å²) in [5.74, 6) is 1.01. The van der Waals surface area contributed by atoms with Gasteiger partial charge in [0.2, 0.25) is 0 Å². The smallest absolute Gasteiger partial charge is 0.175 e. The van der Waals surface area contributed by atoms with Crippen molar-refractivity contribution in [2.24, 2.45) is 0 Å². The van der Waals surface area contributed by atoms with E-state index >= 15 is 0 Å². The Balaban J connectivity index is 1.39. The van der Waals surface area contributed by atoms with Crippen LogP contribution in [0.1, 0.15) is 12.1 Å². The van der Waals surface area contributed by atoms with Gasteiger partial charge in [-0.2, -0.15) is 5.10 Å². The molecule has 2 aromatic heterocycles. The summed E-state index contributed by atoms with van der Waals surface area (Å²) in [6.07, 6.45) is 2.81. The molecule has 1 atom stereocenters. The summed E-state index contributed by atoms with van der Waals surface area (Å²) in [5, 5.41) is 16.3. The molecule has 0 saturated carbocycles. The SMILES string of the molecule is Cc1ccn(-c2ccc(NC3CCN(c4ccc(F)c(Cl)c4)C3)nn2)n1. The summed E-state index contributed by atoms with van der Waals surface area (Å²) in [4.78, 5) is 2.18. The predicted octanol–water partition coefficient (Wildman–Crippen LogP) is 3.45. The average Bonchev–Trinajstić information content (AvgIpc) is 3.27. The molecule has 1 N–H and O–H groups in total. The molecule has 8 heteroatoms. The van der Waals surface area contributed by atoms with Crippen LogP contribution in [-0.4, -0.2) is 39.1 Å². The molecule has 4 rings (SSSR count). The molecule has 1 unspecified atom stereocenters. The molecule has 1 aromatic carbocycles. The lowest BCUT2D eigenvalue weighted by atomic mass is 10.2. The third-order valence-electron chi connectivity index (χ3n) is 4.42. The van der Waals surface area contributed by atoms with Crippen LogP contribution in [0.2, 0.25) is 5.02 Å². The molecular weight excluding hydrogens is 355 g/mol. The molecule has 3 heterocycles. The number of hydrogen-bond donors (Lipinski definition) is 1. The second-order valence-electron chi connectivity index (χ2n) is 6.35. The molecule has 0 spiro atoms. The molecule has 6 nitrogen and oxygen atoms in total. The number of benzene rings is 1. The van der Waals surface area contributed by atoms with Crippen LogP contribution in [0.15, 0.2) is 42.6 Å². The molecular formula is C18H18ClFN6. The van der Waals surface area contributed by atoms with E-state index in [0.29, 0.717) is 5.82 Å². The van der Waals surface area contributed by atoms with Gasteiger partial charge in [-0.1, -0.05) is 11.6 Å². The summed E-state index contributed by atoms with van der Waals surface area (Å²) < 4.78 is 15.0. The highest BCUT2D eigenvalue weighted by atomic mass is 35.5. The van der Waals surface area contributed by atoms with Gasteiger partial charge in [0.05, 0.1) is 10.7 Å². The number of rotatable bonds is 4. The molecule has 0 bridgehead atoms. The normalized spacial score (nSPS) is 16.9. The van der Waals surface area contributed by atoms with E-state index in [9.17, 15) is 4.39 Å². The van der Waals surface area contributed by atoms with Crippen molar-refractivity contribution in [1.82, 2.24) is 20.0 Å². The predicted molar refractivity (Wildman–Crippen MR) is 99.5 cm³/mol. The average molecular weight is 373 g/mol. The van der Waals surface area contributed by atoms with E-state index in [2.05, 4.69) is 25.5 Å². The molecule has 3 aromatic rings. The van der Waals surface area contributed by atoms with E-state index in [4.69, 9.17) is 11.6 Å². The van der Waals surface area contributed by atoms with E-state index in [0.717, 1.165) is 36.7 Å². The van der Waals surface area contributed by atoms with Gasteiger partial charge >= 0.3 is 0 Å². The van der Waals surface area contributed by atoms with E-state index in [1.54, 1.807) is 16.8 Å². The minimum Gasteiger partial charge on any atom is -0.369 e. The Morgan fingerprint density at radius 1 is 1.19 bits per heavy atom. The number of halogens is 2. The second kappa shape index (κ2) is 6.92. The number of aromatic nitrogens is 4. The first-order valence-corrected chi connectivity index (χ1v) is 8.79. The first-order chi connectivity index (χ1) is 12.6. The van der Waals surface area contributed by atoms with Crippen LogP contribution in [0.25, 0.3) is 5.82 Å². The highest BCUT2D eigenvalue weighted by Gasteiger charge is 2.23. The van der Waals surface area contributed by atoms with Crippen LogP contribution < -0.4 is 10.2 Å². The molecule has 0 amide bonds. The maximum Gasteiger partial charge on any atom is 0.175 e. The molecule has 134 valence electrons. The highest BCUT2D eigenvalue weighted by molar-refractivity contribution is 6.31. The fourth-order valence-corrected chi connectivity index (χ4v) is 3.25. The maximum absolute atomic E-state index is 13.3. The number of aryl methyl sites for hydroxylation is 1. The van der Waals surface area contributed by atoms with Crippen LogP contribution in [0.5, 0.6) is 0 Å². The summed E-state index contributed by atoms with van der Waals surface area (Å²) in [5.41, 5.74) is 1.86. The standard InChI is InChI=1S/C18H18ClFN6/c1-12-6-9-26(24-12)18-5-4-17(22-23-18)21-13-7-8-25(11-13)14-2-3-16(20)15(19)10-14/h2-6,9-10,13H,7-8,11H2,1H3,(H,21,22). The number of anilines is 2. The van der Waals surface area contributed by atoms with Crippen LogP contribution in [0.3, 0.4) is 0 Å². The number of nitrogens with zero attached hydrogens (tertiary/aromatic N) is 5. The summed E-state index contributed by atoms with van der Waals surface area (Å²) >= 11 is 5.88. The molecule has 0 radical (unpaired) electrons. The monoisotopic (exact) mass is 372 g/mol. The zero-order valence-corrected chi connectivity index (χ0v) is 15.0. The van der Waals surface area contributed by atoms with Crippen LogP contribution >= 0.6 is 11.6 Å². The van der Waals surface area contributed by atoms with E-state index in [-0.39, 0.29) is 11.1 Å². The van der Waals surface area contributed by atoms with Crippen LogP contribution in [-0.2, 0) is 0 Å². The van der Waals surface area contributed by atoms with Gasteiger partial charge in [0.1, 0.15) is 11.6 Å². The Labute approximate surface area is 155 Å². The van der Waals surface area contributed by atoms with Crippen molar-refractivity contribution >= 4 is 23.1 Å². The first-order valence-electron chi connectivity index (χ1n) is 8.41. The van der Waals surface area contributed by atoms with Crippen LogP contribution in [0.4, 0.5) is 15.9 Å². The minimum absolute atomic E-state index is 0.147. The van der Waals surface area contributed by atoms with Crippen molar-refractivity contribution < 1.29 is 4.39 Å². The third kappa shape index (κ3) is 3.48. The summed E-state index contributed by atoms with van der Waals surface area (Å²) in [7, 11) is 0. The summed E-state index contributed by atoms with van der Waals surface area (Å²) in [6.45, 7) is 3.60. The van der Waals surface area contributed by atoms with Gasteiger partial charge in [-0.25, -0.2) is 9.07 Å². The molecule has 1 saturated heterocycles. The lowest BCUT2D eigenvalue weighted by Crippen LogP contribution is -2.26. The molecule has 0 aliphatic carbocycles. The van der Waals surface area contributed by atoms with E-state index in [1.807, 2.05) is 31.3 Å². The largest absolute Gasteiger partial charge is 0.369 e. The van der Waals surface area contributed by atoms with Crippen molar-refractivity contribution in [3.05, 3.63) is 59.1 Å². The van der Waals surface area contributed by atoms with Gasteiger partial charge in [0.15, 0.2) is 5.82 Å². The Morgan fingerprint density at radius 2 is 2.08 bits per heavy atom. The van der Waals surface area contributed by atoms with Crippen molar-refractivity contribution in [2.75, 3.05) is 23.3 Å². The molecule has 1 fully saturated rings. The molecule has 1 aliphatic heterocycles. The number of nitrogens with one attached hydrogen (secondary N) is 1. The van der Waals surface area contributed by atoms with Crippen molar-refractivity contribution in [3.8, 4) is 5.82 Å². The van der Waals surface area contributed by atoms with Crippen LogP contribution in [0, 0.1) is 12.7 Å². The van der Waals surface area contributed by atoms with Gasteiger partial charge in [-0.3, -0.25) is 0 Å².